The van der Waals surface area contributed by atoms with Crippen LogP contribution in [-0.4, -0.2) is 85.7 Å². The highest BCUT2D eigenvalue weighted by atomic mass is 31.3. The van der Waals surface area contributed by atoms with Gasteiger partial charge in [0, 0.05) is 19.0 Å². The van der Waals surface area contributed by atoms with Gasteiger partial charge >= 0.3 is 33.3 Å². The number of carbonyl (C=O) groups excluding carboxylic acids is 2. The molecule has 1 saturated heterocycles. The molecule has 0 spiro atoms. The lowest BCUT2D eigenvalue weighted by Crippen LogP contribution is -2.36. The Morgan fingerprint density at radius 1 is 0.671 bits per heavy atom. The maximum Gasteiger partial charge on any atom is 0.481 e. The minimum absolute atomic E-state index is 0.0569. The summed E-state index contributed by atoms with van der Waals surface area (Å²) in [5.41, 5.74) is 4.60. The highest BCUT2D eigenvalue weighted by Gasteiger charge is 2.46. The van der Waals surface area contributed by atoms with E-state index in [4.69, 9.17) is 29.0 Å². The standard InChI is InChI=1S/C50H93N3O15P2/c1-5-40(3)31-27-23-19-15-11-9-7-8-10-12-18-22-26-30-34-46(55)66-42(37-63-45(54)33-29-25-21-17-14-13-16-20-24-28-32-41(4)6-2)38-64-69(59,60)68-70(61,62)65-39-43-47(56)48(57)49(67-43)53-36-35-44(51)52-50(53)58/h35-36,40-43,47-49,56-57H,5-34,37-39H2,1-4H3,(H,59,60)(H,61,62)(H2,51,52,58)/t40?,41?,42-,43-,47+,48?,49-/m1/s1. The molecule has 0 aliphatic carbocycles. The smallest absolute Gasteiger partial charge is 0.462 e. The number of esters is 2. The number of anilines is 1. The molecular weight excluding hydrogens is 945 g/mol. The van der Waals surface area contributed by atoms with Crippen molar-refractivity contribution in [1.82, 2.24) is 9.55 Å². The molecule has 0 bridgehead atoms. The number of nitrogens with zero attached hydrogens (tertiary/aromatic N) is 2. The summed E-state index contributed by atoms with van der Waals surface area (Å²) in [5.74, 6) is 0.374. The van der Waals surface area contributed by atoms with E-state index in [0.717, 1.165) is 67.8 Å². The minimum atomic E-state index is -5.42. The zero-order valence-corrected chi connectivity index (χ0v) is 45.0. The van der Waals surface area contributed by atoms with E-state index in [1.54, 1.807) is 0 Å². The number of ether oxygens (including phenoxy) is 3. The van der Waals surface area contributed by atoms with E-state index in [1.165, 1.54) is 128 Å². The number of aromatic nitrogens is 2. The van der Waals surface area contributed by atoms with Gasteiger partial charge in [0.2, 0.25) is 0 Å². The first-order valence-corrected chi connectivity index (χ1v) is 29.8. The van der Waals surface area contributed by atoms with Crippen LogP contribution < -0.4 is 11.4 Å². The highest BCUT2D eigenvalue weighted by molar-refractivity contribution is 7.61. The molecule has 0 aromatic carbocycles. The third-order valence-electron chi connectivity index (χ3n) is 13.3. The zero-order chi connectivity index (χ0) is 51.6. The number of aliphatic hydroxyl groups excluding tert-OH is 2. The van der Waals surface area contributed by atoms with Crippen LogP contribution in [0.2, 0.25) is 0 Å². The zero-order valence-electron chi connectivity index (χ0n) is 43.2. The van der Waals surface area contributed by atoms with Gasteiger partial charge in [-0.25, -0.2) is 13.9 Å². The molecule has 2 rings (SSSR count). The topological polar surface area (TPSA) is 265 Å². The first-order chi connectivity index (χ1) is 33.5. The van der Waals surface area contributed by atoms with Crippen LogP contribution in [0.1, 0.15) is 227 Å². The Bertz CT molecular complexity index is 1710. The lowest BCUT2D eigenvalue weighted by molar-refractivity contribution is -0.161. The summed E-state index contributed by atoms with van der Waals surface area (Å²) in [7, 11) is -10.8. The SMILES string of the molecule is CCC(C)CCCCCCCCCCCCCCCCC(=O)O[C@H](COC(=O)CCCCCCCCCCCCC(C)CC)COP(=O)(O)OP(=O)(O)OC[C@H]1O[C@@H](n2ccc(N)nc2=O)C(O)[C@H]1O. The van der Waals surface area contributed by atoms with Crippen LogP contribution in [0.15, 0.2) is 17.1 Å². The number of phosphoric acid groups is 2. The molecule has 1 aromatic heterocycles. The number of carbonyl (C=O) groups is 2. The lowest BCUT2D eigenvalue weighted by Gasteiger charge is -2.21. The monoisotopic (exact) mass is 1040 g/mol. The Morgan fingerprint density at radius 2 is 1.10 bits per heavy atom. The maximum atomic E-state index is 12.9. The van der Waals surface area contributed by atoms with Gasteiger partial charge in [0.25, 0.3) is 0 Å². The van der Waals surface area contributed by atoms with Crippen molar-refractivity contribution in [3.8, 4) is 0 Å². The molecule has 5 unspecified atom stereocenters. The van der Waals surface area contributed by atoms with E-state index in [0.29, 0.717) is 12.8 Å². The summed E-state index contributed by atoms with van der Waals surface area (Å²) in [6, 6.07) is 1.25. The molecule has 408 valence electrons. The van der Waals surface area contributed by atoms with Gasteiger partial charge in [-0.05, 0) is 30.7 Å². The van der Waals surface area contributed by atoms with E-state index in [-0.39, 0.29) is 18.7 Å². The van der Waals surface area contributed by atoms with E-state index in [1.807, 2.05) is 0 Å². The minimum Gasteiger partial charge on any atom is -0.462 e. The van der Waals surface area contributed by atoms with Crippen molar-refractivity contribution in [2.24, 2.45) is 11.8 Å². The Kier molecular flexibility index (Phi) is 34.2. The lowest BCUT2D eigenvalue weighted by atomic mass is 9.99. The average molecular weight is 1040 g/mol. The normalized spacial score (nSPS) is 20.1. The number of nitrogens with two attached hydrogens (primary N) is 1. The van der Waals surface area contributed by atoms with Crippen molar-refractivity contribution in [1.29, 1.82) is 0 Å². The first kappa shape index (κ1) is 63.9. The largest absolute Gasteiger partial charge is 0.481 e. The number of hydrogen-bond acceptors (Lipinski definition) is 15. The fraction of sp³-hybridized carbons (Fsp3) is 0.880. The van der Waals surface area contributed by atoms with Crippen LogP contribution in [0, 0.1) is 11.8 Å². The molecular formula is C50H93N3O15P2. The summed E-state index contributed by atoms with van der Waals surface area (Å²) < 4.78 is 56.9. The van der Waals surface area contributed by atoms with Gasteiger partial charge in [-0.2, -0.15) is 9.29 Å². The van der Waals surface area contributed by atoms with Crippen LogP contribution in [0.4, 0.5) is 5.82 Å². The van der Waals surface area contributed by atoms with Crippen molar-refractivity contribution in [3.63, 3.8) is 0 Å². The Hall–Kier alpha value is -2.24. The fourth-order valence-electron chi connectivity index (χ4n) is 8.33. The summed E-state index contributed by atoms with van der Waals surface area (Å²) in [5, 5.41) is 20.9. The highest BCUT2D eigenvalue weighted by Crippen LogP contribution is 2.60. The van der Waals surface area contributed by atoms with Gasteiger partial charge in [-0.15, -0.1) is 0 Å². The van der Waals surface area contributed by atoms with Gasteiger partial charge in [0.15, 0.2) is 12.3 Å². The number of phosphoric ester groups is 2. The van der Waals surface area contributed by atoms with E-state index in [2.05, 4.69) is 37.0 Å². The Morgan fingerprint density at radius 3 is 1.56 bits per heavy atom. The second-order valence-corrected chi connectivity index (χ2v) is 22.6. The van der Waals surface area contributed by atoms with Crippen LogP contribution in [0.25, 0.3) is 0 Å². The molecule has 0 saturated carbocycles. The fourth-order valence-corrected chi connectivity index (χ4v) is 10.4. The van der Waals surface area contributed by atoms with Gasteiger partial charge in [0.05, 0.1) is 13.2 Å². The number of aliphatic hydroxyl groups is 2. The van der Waals surface area contributed by atoms with Crippen LogP contribution >= 0.6 is 15.6 Å². The van der Waals surface area contributed by atoms with Crippen molar-refractivity contribution in [2.75, 3.05) is 25.6 Å². The number of nitrogen functional groups attached to an aromatic ring is 1. The van der Waals surface area contributed by atoms with Crippen LogP contribution in [0.3, 0.4) is 0 Å². The maximum absolute atomic E-state index is 12.9. The molecule has 6 N–H and O–H groups in total. The third-order valence-corrected chi connectivity index (χ3v) is 15.9. The molecule has 18 nitrogen and oxygen atoms in total. The van der Waals surface area contributed by atoms with Gasteiger partial charge < -0.3 is 39.9 Å². The second-order valence-electron chi connectivity index (χ2n) is 19.6. The Labute approximate surface area is 419 Å². The first-order valence-electron chi connectivity index (χ1n) is 26.8. The summed E-state index contributed by atoms with van der Waals surface area (Å²) >= 11 is 0. The average Bonchev–Trinajstić information content (AvgIpc) is 3.59. The third kappa shape index (κ3) is 30.1. The second kappa shape index (κ2) is 37.5. The van der Waals surface area contributed by atoms with Gasteiger partial charge in [-0.1, -0.05) is 195 Å². The summed E-state index contributed by atoms with van der Waals surface area (Å²) in [6.45, 7) is 6.87. The molecule has 2 heterocycles. The molecule has 0 radical (unpaired) electrons. The van der Waals surface area contributed by atoms with Gasteiger partial charge in [0.1, 0.15) is 30.7 Å². The summed E-state index contributed by atoms with van der Waals surface area (Å²) in [4.78, 5) is 62.0. The molecule has 1 aliphatic rings. The predicted molar refractivity (Wildman–Crippen MR) is 270 cm³/mol. The number of rotatable bonds is 44. The molecule has 1 fully saturated rings. The van der Waals surface area contributed by atoms with E-state index < -0.39 is 83.7 Å². The molecule has 9 atom stereocenters. The van der Waals surface area contributed by atoms with Crippen molar-refractivity contribution >= 4 is 33.4 Å². The predicted octanol–water partition coefficient (Wildman–Crippen LogP) is 11.2. The van der Waals surface area contributed by atoms with Gasteiger partial charge in [-0.3, -0.25) is 23.2 Å². The molecule has 70 heavy (non-hydrogen) atoms. The van der Waals surface area contributed by atoms with E-state index >= 15 is 0 Å². The molecule has 0 amide bonds. The molecule has 1 aliphatic heterocycles. The van der Waals surface area contributed by atoms with Crippen LogP contribution in [0.5, 0.6) is 0 Å². The summed E-state index contributed by atoms with van der Waals surface area (Å²) in [6.07, 6.45) is 26.0. The Balaban J connectivity index is 1.78. The molecule has 20 heteroatoms. The van der Waals surface area contributed by atoms with E-state index in [9.17, 15) is 43.5 Å². The van der Waals surface area contributed by atoms with Crippen LogP contribution in [-0.2, 0) is 46.3 Å². The van der Waals surface area contributed by atoms with Crippen molar-refractivity contribution < 1.29 is 66.3 Å². The number of hydrogen-bond donors (Lipinski definition) is 5. The molecule has 1 aromatic rings. The van der Waals surface area contributed by atoms with Crippen molar-refractivity contribution in [2.45, 2.75) is 251 Å². The number of unbranched alkanes of at least 4 members (excludes halogenated alkanes) is 22. The van der Waals surface area contributed by atoms with Crippen molar-refractivity contribution in [3.05, 3.63) is 22.7 Å². The quantitative estimate of drug-likeness (QED) is 0.0231.